The van der Waals surface area contributed by atoms with Crippen molar-refractivity contribution in [3.05, 3.63) is 19.8 Å². The van der Waals surface area contributed by atoms with Gasteiger partial charge in [0, 0.05) is 14.2 Å². The van der Waals surface area contributed by atoms with Crippen molar-refractivity contribution in [2.45, 2.75) is 26.2 Å². The third-order valence-corrected chi connectivity index (χ3v) is 5.15. The van der Waals surface area contributed by atoms with Crippen molar-refractivity contribution in [2.75, 3.05) is 13.1 Å². The molecule has 1 N–H and O–H groups in total. The fraction of sp³-hybridized carbons (Fsp3) is 0.600. The van der Waals surface area contributed by atoms with Gasteiger partial charge in [0.1, 0.15) is 0 Å². The summed E-state index contributed by atoms with van der Waals surface area (Å²) in [5, 5.41) is 3.43. The highest BCUT2D eigenvalue weighted by atomic mass is 79.9. The topological polar surface area (TPSA) is 12.0 Å². The van der Waals surface area contributed by atoms with E-state index in [1.807, 2.05) is 11.3 Å². The maximum atomic E-state index is 3.71. The Morgan fingerprint density at radius 3 is 2.92 bits per heavy atom. The second-order valence-electron chi connectivity index (χ2n) is 3.34. The number of halogens is 1. The van der Waals surface area contributed by atoms with Gasteiger partial charge < -0.3 is 5.32 Å². The molecule has 3 heteroatoms. The van der Waals surface area contributed by atoms with Gasteiger partial charge in [-0.1, -0.05) is 6.92 Å². The van der Waals surface area contributed by atoms with E-state index in [0.717, 1.165) is 19.5 Å². The number of thiophene rings is 1. The van der Waals surface area contributed by atoms with Crippen molar-refractivity contribution in [1.29, 1.82) is 0 Å². The quantitative estimate of drug-likeness (QED) is 0.818. The standard InChI is InChI=1S/C10H14BrNS/c1-2-8-10(11)7-3-5-12-6-4-9(7)13-8/h12H,2-6H2,1H3. The Morgan fingerprint density at radius 2 is 2.15 bits per heavy atom. The van der Waals surface area contributed by atoms with Crippen LogP contribution in [0.15, 0.2) is 4.47 Å². The van der Waals surface area contributed by atoms with Crippen LogP contribution in [0.1, 0.15) is 22.2 Å². The number of hydrogen-bond donors (Lipinski definition) is 1. The van der Waals surface area contributed by atoms with Crippen LogP contribution in [0.2, 0.25) is 0 Å². The van der Waals surface area contributed by atoms with E-state index in [1.54, 1.807) is 10.4 Å². The van der Waals surface area contributed by atoms with Gasteiger partial charge in [0.15, 0.2) is 0 Å². The lowest BCUT2D eigenvalue weighted by Gasteiger charge is -1.98. The predicted octanol–water partition coefficient (Wildman–Crippen LogP) is 2.76. The van der Waals surface area contributed by atoms with Crippen LogP contribution in [-0.2, 0) is 19.3 Å². The molecule has 72 valence electrons. The normalized spacial score (nSPS) is 16.8. The zero-order valence-electron chi connectivity index (χ0n) is 7.82. The second-order valence-corrected chi connectivity index (χ2v) is 5.33. The molecule has 0 saturated heterocycles. The van der Waals surface area contributed by atoms with E-state index < -0.39 is 0 Å². The zero-order chi connectivity index (χ0) is 9.26. The average molecular weight is 260 g/mol. The first-order valence-electron chi connectivity index (χ1n) is 4.82. The van der Waals surface area contributed by atoms with Gasteiger partial charge in [0.25, 0.3) is 0 Å². The number of fused-ring (bicyclic) bond motifs is 1. The van der Waals surface area contributed by atoms with Crippen molar-refractivity contribution in [1.82, 2.24) is 5.32 Å². The molecule has 1 aromatic rings. The van der Waals surface area contributed by atoms with Gasteiger partial charge in [0.05, 0.1) is 0 Å². The van der Waals surface area contributed by atoms with Crippen molar-refractivity contribution in [3.8, 4) is 0 Å². The molecule has 0 bridgehead atoms. The van der Waals surface area contributed by atoms with Gasteiger partial charge in [0.2, 0.25) is 0 Å². The number of rotatable bonds is 1. The molecule has 0 saturated carbocycles. The number of nitrogens with one attached hydrogen (secondary N) is 1. The zero-order valence-corrected chi connectivity index (χ0v) is 10.2. The van der Waals surface area contributed by atoms with E-state index in [2.05, 4.69) is 28.2 Å². The maximum Gasteiger partial charge on any atom is 0.0349 e. The van der Waals surface area contributed by atoms with Crippen LogP contribution in [0.4, 0.5) is 0 Å². The molecule has 0 atom stereocenters. The van der Waals surface area contributed by atoms with Crippen LogP contribution >= 0.6 is 27.3 Å². The summed E-state index contributed by atoms with van der Waals surface area (Å²) in [6.07, 6.45) is 3.55. The molecule has 1 aliphatic heterocycles. The Labute approximate surface area is 91.7 Å². The average Bonchev–Trinajstić information content (AvgIpc) is 2.37. The van der Waals surface area contributed by atoms with Crippen molar-refractivity contribution < 1.29 is 0 Å². The minimum Gasteiger partial charge on any atom is -0.316 e. The molecule has 0 radical (unpaired) electrons. The van der Waals surface area contributed by atoms with Crippen molar-refractivity contribution >= 4 is 27.3 Å². The lowest BCUT2D eigenvalue weighted by atomic mass is 10.1. The van der Waals surface area contributed by atoms with Crippen LogP contribution in [0.3, 0.4) is 0 Å². The molecule has 0 unspecified atom stereocenters. The Morgan fingerprint density at radius 1 is 1.38 bits per heavy atom. The fourth-order valence-electron chi connectivity index (χ4n) is 1.76. The van der Waals surface area contributed by atoms with E-state index in [9.17, 15) is 0 Å². The van der Waals surface area contributed by atoms with E-state index in [1.165, 1.54) is 22.2 Å². The molecular formula is C10H14BrNS. The maximum absolute atomic E-state index is 3.71. The molecule has 0 amide bonds. The van der Waals surface area contributed by atoms with Crippen LogP contribution in [0.5, 0.6) is 0 Å². The first kappa shape index (κ1) is 9.69. The number of aryl methyl sites for hydroxylation is 1. The Balaban J connectivity index is 2.38. The van der Waals surface area contributed by atoms with Crippen molar-refractivity contribution in [3.63, 3.8) is 0 Å². The molecule has 1 aromatic heterocycles. The summed E-state index contributed by atoms with van der Waals surface area (Å²) in [6.45, 7) is 4.50. The Kier molecular flexibility index (Phi) is 3.06. The SMILES string of the molecule is CCc1sc2c(c1Br)CCNCC2. The molecule has 1 nitrogen and oxygen atoms in total. The van der Waals surface area contributed by atoms with Crippen LogP contribution in [0, 0.1) is 0 Å². The predicted molar refractivity (Wildman–Crippen MR) is 61.7 cm³/mol. The summed E-state index contributed by atoms with van der Waals surface area (Å²) < 4.78 is 1.39. The first-order chi connectivity index (χ1) is 6.33. The van der Waals surface area contributed by atoms with E-state index in [-0.39, 0.29) is 0 Å². The van der Waals surface area contributed by atoms with Crippen molar-refractivity contribution in [2.24, 2.45) is 0 Å². The molecule has 2 heterocycles. The molecule has 2 rings (SSSR count). The third kappa shape index (κ3) is 1.83. The second kappa shape index (κ2) is 4.11. The van der Waals surface area contributed by atoms with Gasteiger partial charge in [-0.2, -0.15) is 0 Å². The summed E-state index contributed by atoms with van der Waals surface area (Å²) in [6, 6.07) is 0. The molecule has 13 heavy (non-hydrogen) atoms. The van der Waals surface area contributed by atoms with Crippen LogP contribution in [-0.4, -0.2) is 13.1 Å². The lowest BCUT2D eigenvalue weighted by molar-refractivity contribution is 0.711. The van der Waals surface area contributed by atoms with Gasteiger partial charge >= 0.3 is 0 Å². The molecule has 0 aliphatic carbocycles. The minimum atomic E-state index is 1.13. The van der Waals surface area contributed by atoms with Gasteiger partial charge in [-0.05, 0) is 53.8 Å². The van der Waals surface area contributed by atoms with Gasteiger partial charge in [-0.3, -0.25) is 0 Å². The highest BCUT2D eigenvalue weighted by Gasteiger charge is 2.16. The summed E-state index contributed by atoms with van der Waals surface area (Å²) in [7, 11) is 0. The lowest BCUT2D eigenvalue weighted by Crippen LogP contribution is -2.16. The van der Waals surface area contributed by atoms with E-state index >= 15 is 0 Å². The highest BCUT2D eigenvalue weighted by Crippen LogP contribution is 2.34. The first-order valence-corrected chi connectivity index (χ1v) is 6.43. The molecule has 0 aromatic carbocycles. The number of hydrogen-bond acceptors (Lipinski definition) is 2. The Bertz CT molecular complexity index is 306. The molecular weight excluding hydrogens is 246 g/mol. The fourth-order valence-corrected chi connectivity index (χ4v) is 4.04. The van der Waals surface area contributed by atoms with Gasteiger partial charge in [-0.15, -0.1) is 11.3 Å². The highest BCUT2D eigenvalue weighted by molar-refractivity contribution is 9.10. The molecule has 0 spiro atoms. The van der Waals surface area contributed by atoms with E-state index in [0.29, 0.717) is 0 Å². The van der Waals surface area contributed by atoms with Crippen LogP contribution in [0.25, 0.3) is 0 Å². The summed E-state index contributed by atoms with van der Waals surface area (Å²) in [5.74, 6) is 0. The summed E-state index contributed by atoms with van der Waals surface area (Å²) in [4.78, 5) is 3.11. The van der Waals surface area contributed by atoms with Gasteiger partial charge in [-0.25, -0.2) is 0 Å². The monoisotopic (exact) mass is 259 g/mol. The Hall–Kier alpha value is 0.140. The molecule has 1 aliphatic rings. The summed E-state index contributed by atoms with van der Waals surface area (Å²) >= 11 is 5.70. The smallest absolute Gasteiger partial charge is 0.0349 e. The summed E-state index contributed by atoms with van der Waals surface area (Å²) in [5.41, 5.74) is 1.56. The molecule has 0 fully saturated rings. The minimum absolute atomic E-state index is 1.13. The van der Waals surface area contributed by atoms with Crippen LogP contribution < -0.4 is 5.32 Å². The largest absolute Gasteiger partial charge is 0.316 e. The third-order valence-electron chi connectivity index (χ3n) is 2.49. The van der Waals surface area contributed by atoms with E-state index in [4.69, 9.17) is 0 Å².